The van der Waals surface area contributed by atoms with Crippen molar-refractivity contribution in [1.82, 2.24) is 9.88 Å². The Morgan fingerprint density at radius 1 is 1.10 bits per heavy atom. The summed E-state index contributed by atoms with van der Waals surface area (Å²) in [7, 11) is 0. The van der Waals surface area contributed by atoms with Gasteiger partial charge in [-0.1, -0.05) is 18.2 Å². The number of aromatic nitrogens is 1. The molecule has 1 aromatic carbocycles. The average Bonchev–Trinajstić information content (AvgIpc) is 2.74. The normalized spacial score (nSPS) is 21.9. The lowest BCUT2D eigenvalue weighted by Crippen LogP contribution is -2.55. The molecule has 0 bridgehead atoms. The van der Waals surface area contributed by atoms with Crippen molar-refractivity contribution in [2.75, 3.05) is 25.0 Å². The van der Waals surface area contributed by atoms with Gasteiger partial charge in [0.25, 0.3) is 0 Å². The molecule has 1 saturated heterocycles. The molecule has 0 spiro atoms. The van der Waals surface area contributed by atoms with Gasteiger partial charge in [0.2, 0.25) is 11.8 Å². The van der Waals surface area contributed by atoms with Crippen LogP contribution < -0.4 is 11.1 Å². The van der Waals surface area contributed by atoms with Gasteiger partial charge in [0.1, 0.15) is 5.41 Å². The third-order valence-electron chi connectivity index (χ3n) is 6.24. The van der Waals surface area contributed by atoms with Crippen molar-refractivity contribution in [3.8, 4) is 0 Å². The first-order valence-electron chi connectivity index (χ1n) is 10.4. The molecule has 29 heavy (non-hydrogen) atoms. The topological polar surface area (TPSA) is 88.3 Å². The molecule has 0 saturated carbocycles. The van der Waals surface area contributed by atoms with Crippen molar-refractivity contribution in [3.05, 3.63) is 59.4 Å². The molecule has 3 N–H and O–H groups in total. The van der Waals surface area contributed by atoms with E-state index < -0.39 is 5.41 Å². The van der Waals surface area contributed by atoms with Crippen molar-refractivity contribution >= 4 is 17.5 Å². The molecule has 1 aliphatic heterocycles. The Morgan fingerprint density at radius 3 is 2.76 bits per heavy atom. The number of carbonyl (C=O) groups is 2. The summed E-state index contributed by atoms with van der Waals surface area (Å²) in [4.78, 5) is 31.6. The number of nitrogens with zero attached hydrogens (tertiary/aromatic N) is 2. The van der Waals surface area contributed by atoms with Gasteiger partial charge in [-0.25, -0.2) is 0 Å². The highest BCUT2D eigenvalue weighted by Gasteiger charge is 2.43. The van der Waals surface area contributed by atoms with E-state index >= 15 is 0 Å². The molecular formula is C23H28N4O2. The van der Waals surface area contributed by atoms with Gasteiger partial charge in [0, 0.05) is 18.4 Å². The lowest BCUT2D eigenvalue weighted by molar-refractivity contribution is -0.127. The number of pyridine rings is 1. The number of nitrogens with two attached hydrogens (primary N) is 1. The lowest BCUT2D eigenvalue weighted by atomic mass is 9.76. The number of primary amides is 1. The number of piperidine rings is 1. The summed E-state index contributed by atoms with van der Waals surface area (Å²) in [6.07, 6.45) is 7.61. The van der Waals surface area contributed by atoms with Gasteiger partial charge in [0.15, 0.2) is 0 Å². The van der Waals surface area contributed by atoms with Gasteiger partial charge < -0.3 is 11.1 Å². The maximum Gasteiger partial charge on any atom is 0.238 e. The molecule has 1 aromatic heterocycles. The first-order chi connectivity index (χ1) is 14.1. The number of benzene rings is 1. The standard InChI is InChI=1S/C23H28N4O2/c24-22(29)23(20-11-3-4-13-25-20)12-6-14-27(16-23)15-21(28)26-19-10-5-8-17-7-1-2-9-18(17)19/h3-5,8,10-11,13H,1-2,6-7,9,12,14-16H2,(H2,24,29)(H,26,28)/t23-/m1/s1. The smallest absolute Gasteiger partial charge is 0.238 e. The first-order valence-corrected chi connectivity index (χ1v) is 10.4. The number of fused-ring (bicyclic) bond motifs is 1. The van der Waals surface area contributed by atoms with Crippen LogP contribution in [-0.2, 0) is 27.8 Å². The Balaban J connectivity index is 1.47. The third-order valence-corrected chi connectivity index (χ3v) is 6.24. The number of rotatable bonds is 5. The van der Waals surface area contributed by atoms with Crippen molar-refractivity contribution in [1.29, 1.82) is 0 Å². The van der Waals surface area contributed by atoms with Crippen LogP contribution in [0, 0.1) is 0 Å². The zero-order valence-electron chi connectivity index (χ0n) is 16.7. The monoisotopic (exact) mass is 392 g/mol. The van der Waals surface area contributed by atoms with E-state index in [1.165, 1.54) is 17.5 Å². The summed E-state index contributed by atoms with van der Waals surface area (Å²) in [6, 6.07) is 11.7. The van der Waals surface area contributed by atoms with Gasteiger partial charge in [0.05, 0.1) is 12.2 Å². The second kappa shape index (κ2) is 8.33. The Kier molecular flexibility index (Phi) is 5.62. The molecule has 0 unspecified atom stereocenters. The van der Waals surface area contributed by atoms with E-state index in [4.69, 9.17) is 5.73 Å². The van der Waals surface area contributed by atoms with Crippen LogP contribution in [-0.4, -0.2) is 41.3 Å². The number of aryl methyl sites for hydroxylation is 1. The quantitative estimate of drug-likeness (QED) is 0.818. The maximum absolute atomic E-state index is 12.8. The zero-order valence-corrected chi connectivity index (χ0v) is 16.7. The highest BCUT2D eigenvalue weighted by Crippen LogP contribution is 2.33. The van der Waals surface area contributed by atoms with Crippen LogP contribution in [0.25, 0.3) is 0 Å². The molecule has 2 aromatic rings. The zero-order chi connectivity index (χ0) is 20.3. The van der Waals surface area contributed by atoms with Crippen molar-refractivity contribution < 1.29 is 9.59 Å². The van der Waals surface area contributed by atoms with Crippen molar-refractivity contribution in [2.45, 2.75) is 43.9 Å². The molecule has 152 valence electrons. The third kappa shape index (κ3) is 4.03. The lowest BCUT2D eigenvalue weighted by Gasteiger charge is -2.40. The molecule has 0 radical (unpaired) electrons. The largest absolute Gasteiger partial charge is 0.369 e. The molecule has 2 heterocycles. The van der Waals surface area contributed by atoms with Crippen LogP contribution in [0.15, 0.2) is 42.6 Å². The molecule has 6 heteroatoms. The fraction of sp³-hybridized carbons (Fsp3) is 0.435. The second-order valence-electron chi connectivity index (χ2n) is 8.17. The minimum atomic E-state index is -0.842. The van der Waals surface area contributed by atoms with Crippen molar-refractivity contribution in [2.24, 2.45) is 5.73 Å². The molecule has 1 fully saturated rings. The fourth-order valence-electron chi connectivity index (χ4n) is 4.75. The predicted molar refractivity (Wildman–Crippen MR) is 112 cm³/mol. The number of anilines is 1. The van der Waals surface area contributed by atoms with E-state index in [0.717, 1.165) is 37.9 Å². The van der Waals surface area contributed by atoms with Gasteiger partial charge in [-0.3, -0.25) is 19.5 Å². The van der Waals surface area contributed by atoms with Crippen LogP contribution in [0.3, 0.4) is 0 Å². The maximum atomic E-state index is 12.8. The average molecular weight is 393 g/mol. The van der Waals surface area contributed by atoms with Gasteiger partial charge in [-0.15, -0.1) is 0 Å². The van der Waals surface area contributed by atoms with Gasteiger partial charge in [-0.2, -0.15) is 0 Å². The van der Waals surface area contributed by atoms with E-state index in [2.05, 4.69) is 16.4 Å². The van der Waals surface area contributed by atoms with E-state index in [1.807, 2.05) is 35.2 Å². The van der Waals surface area contributed by atoms with Crippen LogP contribution in [0.1, 0.15) is 42.5 Å². The molecule has 4 rings (SSSR count). The minimum Gasteiger partial charge on any atom is -0.369 e. The van der Waals surface area contributed by atoms with Crippen LogP contribution >= 0.6 is 0 Å². The van der Waals surface area contributed by atoms with Gasteiger partial charge in [-0.05, 0) is 74.4 Å². The second-order valence-corrected chi connectivity index (χ2v) is 8.17. The minimum absolute atomic E-state index is 0.0507. The van der Waals surface area contributed by atoms with E-state index in [-0.39, 0.29) is 18.4 Å². The predicted octanol–water partition coefficient (Wildman–Crippen LogP) is 2.42. The Labute approximate surface area is 171 Å². The Morgan fingerprint density at radius 2 is 1.97 bits per heavy atom. The number of nitrogens with one attached hydrogen (secondary N) is 1. The summed E-state index contributed by atoms with van der Waals surface area (Å²) in [6.45, 7) is 1.42. The highest BCUT2D eigenvalue weighted by molar-refractivity contribution is 5.93. The summed E-state index contributed by atoms with van der Waals surface area (Å²) in [5.41, 5.74) is 9.21. The van der Waals surface area contributed by atoms with E-state index in [1.54, 1.807) is 6.20 Å². The highest BCUT2D eigenvalue weighted by atomic mass is 16.2. The molecule has 2 aliphatic rings. The summed E-state index contributed by atoms with van der Waals surface area (Å²) >= 11 is 0. The van der Waals surface area contributed by atoms with Crippen LogP contribution in [0.5, 0.6) is 0 Å². The number of hydrogen-bond acceptors (Lipinski definition) is 4. The van der Waals surface area contributed by atoms with Crippen molar-refractivity contribution in [3.63, 3.8) is 0 Å². The Hall–Kier alpha value is -2.73. The summed E-state index contributed by atoms with van der Waals surface area (Å²) < 4.78 is 0. The molecule has 1 aliphatic carbocycles. The number of amides is 2. The van der Waals surface area contributed by atoms with Crippen LogP contribution in [0.4, 0.5) is 5.69 Å². The molecule has 6 nitrogen and oxygen atoms in total. The number of hydrogen-bond donors (Lipinski definition) is 2. The fourth-order valence-corrected chi connectivity index (χ4v) is 4.75. The van der Waals surface area contributed by atoms with Crippen LogP contribution in [0.2, 0.25) is 0 Å². The van der Waals surface area contributed by atoms with E-state index in [0.29, 0.717) is 18.7 Å². The molecule has 2 amide bonds. The van der Waals surface area contributed by atoms with Gasteiger partial charge >= 0.3 is 0 Å². The number of likely N-dealkylation sites (tertiary alicyclic amines) is 1. The molecule has 1 atom stereocenters. The number of carbonyl (C=O) groups excluding carboxylic acids is 2. The molecular weight excluding hydrogens is 364 g/mol. The van der Waals surface area contributed by atoms with E-state index in [9.17, 15) is 9.59 Å². The summed E-state index contributed by atoms with van der Waals surface area (Å²) in [5.74, 6) is -0.427. The SMILES string of the molecule is NC(=O)[C@]1(c2ccccn2)CCCN(CC(=O)Nc2cccc3c2CCCC3)C1. The summed E-state index contributed by atoms with van der Waals surface area (Å²) in [5, 5.41) is 3.10. The first kappa shape index (κ1) is 19.6. The Bertz CT molecular complexity index is 899.